The molecule has 1 N–H and O–H groups in total. The Bertz CT molecular complexity index is 1090. The number of Topliss-reactive ketones (excluding diaryl/α,β-unsaturated/α-hetero) is 1. The van der Waals surface area contributed by atoms with Gasteiger partial charge in [-0.1, -0.05) is 57.9 Å². The molecule has 4 unspecified atom stereocenters. The van der Waals surface area contributed by atoms with Gasteiger partial charge >= 0.3 is 5.97 Å². The Morgan fingerprint density at radius 3 is 2.57 bits per heavy atom. The highest BCUT2D eigenvalue weighted by molar-refractivity contribution is 5.93. The molecular weight excluding hydrogens is 473 g/mol. The van der Waals surface area contributed by atoms with E-state index in [1.54, 1.807) is 6.07 Å². The van der Waals surface area contributed by atoms with Gasteiger partial charge < -0.3 is 14.3 Å². The second-order valence-electron chi connectivity index (χ2n) is 10.4. The van der Waals surface area contributed by atoms with Crippen molar-refractivity contribution in [3.8, 4) is 0 Å². The minimum atomic E-state index is -1.06. The first-order chi connectivity index (χ1) is 18.0. The Hall–Kier alpha value is -2.80. The molecule has 0 saturated carbocycles. The monoisotopic (exact) mass is 511 g/mol. The predicted octanol–water partition coefficient (Wildman–Crippen LogP) is 7.13. The lowest BCUT2D eigenvalue weighted by molar-refractivity contribution is -0.131. The zero-order valence-corrected chi connectivity index (χ0v) is 21.7. The third kappa shape index (κ3) is 7.16. The van der Waals surface area contributed by atoms with E-state index in [1.807, 2.05) is 0 Å². The van der Waals surface area contributed by atoms with Crippen LogP contribution in [0, 0.1) is 11.7 Å². The minimum Gasteiger partial charge on any atom is -0.478 e. The van der Waals surface area contributed by atoms with E-state index in [4.69, 9.17) is 14.3 Å². The molecule has 0 spiro atoms. The van der Waals surface area contributed by atoms with E-state index >= 15 is 0 Å². The van der Waals surface area contributed by atoms with Gasteiger partial charge in [-0.15, -0.1) is 0 Å². The van der Waals surface area contributed by atoms with Crippen LogP contribution in [0.4, 0.5) is 4.39 Å². The van der Waals surface area contributed by atoms with Crippen molar-refractivity contribution in [3.05, 3.63) is 59.1 Å². The maximum atomic E-state index is 14.1. The van der Waals surface area contributed by atoms with E-state index in [2.05, 4.69) is 11.9 Å². The van der Waals surface area contributed by atoms with Gasteiger partial charge in [0.05, 0.1) is 18.1 Å². The summed E-state index contributed by atoms with van der Waals surface area (Å²) in [6, 6.07) is 4.39. The van der Waals surface area contributed by atoms with Gasteiger partial charge in [0, 0.05) is 18.4 Å². The van der Waals surface area contributed by atoms with Crippen molar-refractivity contribution in [2.75, 3.05) is 0 Å². The highest BCUT2D eigenvalue weighted by Gasteiger charge is 2.51. The Kier molecular flexibility index (Phi) is 9.67. The number of hydrogen-bond acceptors (Lipinski definition) is 5. The van der Waals surface area contributed by atoms with E-state index < -0.39 is 5.97 Å². The summed E-state index contributed by atoms with van der Waals surface area (Å²) in [4.78, 5) is 28.3. The number of ether oxygens (including phenoxy) is 1. The number of carboxylic acids is 1. The largest absolute Gasteiger partial charge is 0.478 e. The van der Waals surface area contributed by atoms with Crippen LogP contribution < -0.4 is 0 Å². The average molecular weight is 512 g/mol. The van der Waals surface area contributed by atoms with Crippen LogP contribution in [0.1, 0.15) is 111 Å². The average Bonchev–Trinajstić information content (AvgIpc) is 3.62. The second kappa shape index (κ2) is 13.1. The molecule has 0 amide bonds. The number of ketones is 1. The topological polar surface area (TPSA) is 89.6 Å². The van der Waals surface area contributed by atoms with Gasteiger partial charge in [0.1, 0.15) is 17.8 Å². The molecule has 3 heterocycles. The number of nitrogens with zero attached hydrogens (tertiary/aromatic N) is 1. The smallest absolute Gasteiger partial charge is 0.328 e. The summed E-state index contributed by atoms with van der Waals surface area (Å²) in [6.07, 6.45) is 16.2. The van der Waals surface area contributed by atoms with Crippen LogP contribution in [-0.2, 0) is 16.0 Å². The fraction of sp³-hybridized carbons (Fsp3) is 0.567. The van der Waals surface area contributed by atoms with E-state index in [0.29, 0.717) is 30.0 Å². The molecule has 2 aliphatic rings. The van der Waals surface area contributed by atoms with Gasteiger partial charge in [-0.25, -0.2) is 14.2 Å². The summed E-state index contributed by atoms with van der Waals surface area (Å²) in [5, 5.41) is 9.02. The van der Waals surface area contributed by atoms with Crippen molar-refractivity contribution in [1.82, 2.24) is 4.98 Å². The van der Waals surface area contributed by atoms with Crippen LogP contribution in [0.2, 0.25) is 0 Å². The molecule has 2 saturated heterocycles. The maximum absolute atomic E-state index is 14.1. The van der Waals surface area contributed by atoms with Crippen LogP contribution in [0.25, 0.3) is 6.08 Å². The summed E-state index contributed by atoms with van der Waals surface area (Å²) >= 11 is 0. The maximum Gasteiger partial charge on any atom is 0.328 e. The zero-order chi connectivity index (χ0) is 26.2. The second-order valence-corrected chi connectivity index (χ2v) is 10.4. The van der Waals surface area contributed by atoms with Gasteiger partial charge in [-0.2, -0.15) is 0 Å². The van der Waals surface area contributed by atoms with E-state index in [0.717, 1.165) is 43.7 Å². The number of halogens is 1. The van der Waals surface area contributed by atoms with E-state index in [9.17, 15) is 14.0 Å². The molecule has 2 bridgehead atoms. The number of carbonyl (C=O) groups excluding carboxylic acids is 1. The Labute approximate surface area is 218 Å². The molecular formula is C30H38FNO5. The van der Waals surface area contributed by atoms with Gasteiger partial charge in [0.15, 0.2) is 5.78 Å². The molecule has 37 heavy (non-hydrogen) atoms. The Balaban J connectivity index is 1.38. The summed E-state index contributed by atoms with van der Waals surface area (Å²) in [7, 11) is 0. The summed E-state index contributed by atoms with van der Waals surface area (Å²) in [5.41, 5.74) is 1.76. The van der Waals surface area contributed by atoms with Crippen molar-refractivity contribution < 1.29 is 28.2 Å². The van der Waals surface area contributed by atoms with E-state index in [-0.39, 0.29) is 35.6 Å². The molecule has 0 aliphatic carbocycles. The Morgan fingerprint density at radius 1 is 1.08 bits per heavy atom. The lowest BCUT2D eigenvalue weighted by Crippen LogP contribution is -2.28. The van der Waals surface area contributed by atoms with Crippen LogP contribution >= 0.6 is 0 Å². The number of unbranched alkanes of at least 4 members (excludes halogenated alkanes) is 7. The van der Waals surface area contributed by atoms with Crippen LogP contribution in [0.15, 0.2) is 35.0 Å². The normalized spacial score (nSPS) is 22.8. The first-order valence-corrected chi connectivity index (χ1v) is 13.8. The molecule has 7 heteroatoms. The van der Waals surface area contributed by atoms with Gasteiger partial charge in [0.25, 0.3) is 0 Å². The third-order valence-corrected chi connectivity index (χ3v) is 7.74. The fourth-order valence-electron chi connectivity index (χ4n) is 5.82. The van der Waals surface area contributed by atoms with Crippen molar-refractivity contribution in [2.45, 2.75) is 102 Å². The molecule has 4 atom stereocenters. The number of fused-ring (bicyclic) bond motifs is 2. The molecule has 1 aromatic carbocycles. The molecule has 1 aromatic heterocycles. The fourth-order valence-corrected chi connectivity index (χ4v) is 5.82. The van der Waals surface area contributed by atoms with Crippen molar-refractivity contribution in [2.24, 2.45) is 5.92 Å². The highest BCUT2D eigenvalue weighted by atomic mass is 19.1. The quantitative estimate of drug-likeness (QED) is 0.155. The molecule has 2 aliphatic heterocycles. The highest BCUT2D eigenvalue weighted by Crippen LogP contribution is 2.50. The summed E-state index contributed by atoms with van der Waals surface area (Å²) < 4.78 is 26.1. The van der Waals surface area contributed by atoms with Crippen molar-refractivity contribution in [3.63, 3.8) is 0 Å². The molecule has 2 fully saturated rings. The van der Waals surface area contributed by atoms with Crippen LogP contribution in [0.3, 0.4) is 0 Å². The predicted molar refractivity (Wildman–Crippen MR) is 139 cm³/mol. The lowest BCUT2D eigenvalue weighted by Gasteiger charge is -2.26. The molecule has 6 nitrogen and oxygen atoms in total. The van der Waals surface area contributed by atoms with Gasteiger partial charge in [-0.3, -0.25) is 4.79 Å². The molecule has 200 valence electrons. The van der Waals surface area contributed by atoms with Crippen LogP contribution in [0.5, 0.6) is 0 Å². The van der Waals surface area contributed by atoms with Crippen molar-refractivity contribution >= 4 is 17.8 Å². The van der Waals surface area contributed by atoms with Crippen LogP contribution in [-0.4, -0.2) is 34.1 Å². The lowest BCUT2D eigenvalue weighted by atomic mass is 9.75. The first kappa shape index (κ1) is 27.2. The third-order valence-electron chi connectivity index (χ3n) is 7.74. The van der Waals surface area contributed by atoms with Crippen molar-refractivity contribution in [1.29, 1.82) is 0 Å². The number of carbonyl (C=O) groups is 2. The molecule has 0 radical (unpaired) electrons. The van der Waals surface area contributed by atoms with E-state index in [1.165, 1.54) is 56.6 Å². The number of hydrogen-bond donors (Lipinski definition) is 1. The number of oxazole rings is 1. The minimum absolute atomic E-state index is 0.00190. The standard InChI is InChI=1S/C30H38FNO5/c1-2-3-4-5-6-7-8-9-10-25(33)24-19-36-30(32-24)29-23(26-14-15-27(29)37-26)18-21-17-22(31)13-11-20(21)12-16-28(34)35/h11-13,16-17,19,23,26-27,29H,2-10,14-15,18H2,1H3,(H,34,35)/b16-12+. The first-order valence-electron chi connectivity index (χ1n) is 13.8. The van der Waals surface area contributed by atoms with Gasteiger partial charge in [0.2, 0.25) is 5.89 Å². The SMILES string of the molecule is CCCCCCCCCCC(=O)c1coc(C2C3CCC(O3)C2Cc2cc(F)ccc2/C=C/C(=O)O)n1. The zero-order valence-electron chi connectivity index (χ0n) is 21.7. The summed E-state index contributed by atoms with van der Waals surface area (Å²) in [5.74, 6) is -1.02. The number of benzene rings is 1. The Morgan fingerprint density at radius 2 is 1.81 bits per heavy atom. The molecule has 2 aromatic rings. The number of aliphatic carboxylic acids is 1. The summed E-state index contributed by atoms with van der Waals surface area (Å²) in [6.45, 7) is 2.22. The molecule has 4 rings (SSSR count). The number of aromatic nitrogens is 1. The van der Waals surface area contributed by atoms with Gasteiger partial charge in [-0.05, 0) is 55.0 Å². The number of rotatable bonds is 15. The number of carboxylic acid groups (broad SMARTS) is 1.